The summed E-state index contributed by atoms with van der Waals surface area (Å²) in [6, 6.07) is 9.78. The number of nitrogens with one attached hydrogen (secondary N) is 2. The first kappa shape index (κ1) is 17.9. The van der Waals surface area contributed by atoms with Gasteiger partial charge < -0.3 is 20.1 Å². The molecule has 0 bridgehead atoms. The number of amides is 1. The summed E-state index contributed by atoms with van der Waals surface area (Å²) in [5, 5.41) is 5.35. The zero-order valence-corrected chi connectivity index (χ0v) is 14.3. The van der Waals surface area contributed by atoms with Crippen molar-refractivity contribution in [2.24, 2.45) is 0 Å². The van der Waals surface area contributed by atoms with Crippen LogP contribution in [-0.4, -0.2) is 33.4 Å². The normalized spacial score (nSPS) is 14.7. The van der Waals surface area contributed by atoms with Gasteiger partial charge in [0.1, 0.15) is 0 Å². The van der Waals surface area contributed by atoms with Crippen LogP contribution in [0.5, 0.6) is 11.5 Å². The number of ether oxygens (including phenoxy) is 2. The van der Waals surface area contributed by atoms with Crippen LogP contribution in [0.1, 0.15) is 0 Å². The largest absolute Gasteiger partial charge is 0.586 e. The van der Waals surface area contributed by atoms with Gasteiger partial charge >= 0.3 is 6.29 Å². The van der Waals surface area contributed by atoms with E-state index in [1.807, 2.05) is 0 Å². The molecule has 0 saturated carbocycles. The summed E-state index contributed by atoms with van der Waals surface area (Å²) < 4.78 is 57.3. The van der Waals surface area contributed by atoms with Crippen LogP contribution >= 0.6 is 0 Å². The molecule has 0 fully saturated rings. The van der Waals surface area contributed by atoms with Crippen molar-refractivity contribution < 1.29 is 31.5 Å². The van der Waals surface area contributed by atoms with Gasteiger partial charge in [0.25, 0.3) is 0 Å². The molecule has 0 atom stereocenters. The van der Waals surface area contributed by atoms with Crippen LogP contribution in [0.4, 0.5) is 20.2 Å². The molecular weight excluding hydrogens is 370 g/mol. The van der Waals surface area contributed by atoms with Crippen LogP contribution in [0.25, 0.3) is 0 Å². The Balaban J connectivity index is 1.57. The Morgan fingerprint density at radius 3 is 2.31 bits per heavy atom. The number of hydrogen-bond donors (Lipinski definition) is 2. The molecule has 0 saturated heterocycles. The van der Waals surface area contributed by atoms with Crippen molar-refractivity contribution in [3.05, 3.63) is 42.5 Å². The quantitative estimate of drug-likeness (QED) is 0.823. The van der Waals surface area contributed by atoms with Crippen LogP contribution in [0, 0.1) is 0 Å². The molecule has 1 heterocycles. The van der Waals surface area contributed by atoms with Gasteiger partial charge in [0.05, 0.1) is 11.4 Å². The summed E-state index contributed by atoms with van der Waals surface area (Å²) in [4.78, 5) is 12.1. The van der Waals surface area contributed by atoms with Crippen molar-refractivity contribution in [2.45, 2.75) is 11.2 Å². The van der Waals surface area contributed by atoms with E-state index < -0.39 is 22.0 Å². The zero-order valence-electron chi connectivity index (χ0n) is 13.5. The molecule has 138 valence electrons. The summed E-state index contributed by atoms with van der Waals surface area (Å²) in [5.74, 6) is -0.618. The minimum atomic E-state index is -3.70. The molecule has 26 heavy (non-hydrogen) atoms. The molecule has 1 aliphatic rings. The lowest BCUT2D eigenvalue weighted by Gasteiger charge is -2.09. The maximum atomic E-state index is 13.0. The van der Waals surface area contributed by atoms with Gasteiger partial charge in [-0.25, -0.2) is 8.42 Å². The number of carbonyl (C=O) groups is 1. The van der Waals surface area contributed by atoms with Crippen molar-refractivity contribution in [1.82, 2.24) is 0 Å². The maximum absolute atomic E-state index is 13.0. The third-order valence-electron chi connectivity index (χ3n) is 3.42. The molecule has 7 nitrogen and oxygen atoms in total. The summed E-state index contributed by atoms with van der Waals surface area (Å²) in [6.07, 6.45) is -2.61. The highest BCUT2D eigenvalue weighted by Crippen LogP contribution is 2.42. The van der Waals surface area contributed by atoms with Crippen molar-refractivity contribution in [1.29, 1.82) is 0 Å². The summed E-state index contributed by atoms with van der Waals surface area (Å²) in [5.41, 5.74) is 0.821. The van der Waals surface area contributed by atoms with E-state index in [1.54, 1.807) is 0 Å². The summed E-state index contributed by atoms with van der Waals surface area (Å²) in [6.45, 7) is -0.135. The first-order chi connectivity index (χ1) is 12.1. The average Bonchev–Trinajstić information content (AvgIpc) is 2.85. The Morgan fingerprint density at radius 1 is 1.04 bits per heavy atom. The monoisotopic (exact) mass is 384 g/mol. The first-order valence-electron chi connectivity index (χ1n) is 7.36. The van der Waals surface area contributed by atoms with Gasteiger partial charge in [0.15, 0.2) is 21.3 Å². The van der Waals surface area contributed by atoms with Crippen LogP contribution in [0.15, 0.2) is 47.4 Å². The minimum absolute atomic E-state index is 0.0871. The highest BCUT2D eigenvalue weighted by Gasteiger charge is 2.43. The van der Waals surface area contributed by atoms with E-state index in [-0.39, 0.29) is 22.9 Å². The van der Waals surface area contributed by atoms with Crippen molar-refractivity contribution in [3.8, 4) is 11.5 Å². The molecule has 0 aliphatic carbocycles. The second-order valence-corrected chi connectivity index (χ2v) is 7.54. The molecule has 10 heteroatoms. The number of sulfone groups is 1. The molecule has 0 spiro atoms. The molecule has 3 rings (SSSR count). The summed E-state index contributed by atoms with van der Waals surface area (Å²) in [7, 11) is -3.31. The van der Waals surface area contributed by atoms with E-state index in [0.717, 1.165) is 6.26 Å². The van der Waals surface area contributed by atoms with Crippen molar-refractivity contribution in [2.75, 3.05) is 23.4 Å². The highest BCUT2D eigenvalue weighted by molar-refractivity contribution is 7.90. The van der Waals surface area contributed by atoms with Gasteiger partial charge in [-0.1, -0.05) is 0 Å². The molecule has 1 amide bonds. The molecule has 2 aromatic carbocycles. The third kappa shape index (κ3) is 4.20. The average molecular weight is 384 g/mol. The van der Waals surface area contributed by atoms with E-state index in [0.29, 0.717) is 11.4 Å². The number of alkyl halides is 2. The molecule has 1 aliphatic heterocycles. The molecule has 0 unspecified atom stereocenters. The van der Waals surface area contributed by atoms with E-state index in [1.165, 1.54) is 42.5 Å². The van der Waals surface area contributed by atoms with Gasteiger partial charge in [-0.05, 0) is 36.4 Å². The van der Waals surface area contributed by atoms with E-state index >= 15 is 0 Å². The Morgan fingerprint density at radius 2 is 1.65 bits per heavy atom. The fraction of sp³-hybridized carbons (Fsp3) is 0.188. The number of benzene rings is 2. The predicted molar refractivity (Wildman–Crippen MR) is 89.3 cm³/mol. The van der Waals surface area contributed by atoms with Crippen molar-refractivity contribution >= 4 is 27.1 Å². The van der Waals surface area contributed by atoms with Crippen LogP contribution in [-0.2, 0) is 14.6 Å². The van der Waals surface area contributed by atoms with Crippen LogP contribution in [0.3, 0.4) is 0 Å². The SMILES string of the molecule is CS(=O)(=O)c1ccc(NC(=O)CNc2ccc3c(c2)OC(F)(F)O3)cc1. The predicted octanol–water partition coefficient (Wildman–Crippen LogP) is 2.46. The van der Waals surface area contributed by atoms with Gasteiger partial charge in [-0.3, -0.25) is 4.79 Å². The van der Waals surface area contributed by atoms with Gasteiger partial charge in [-0.15, -0.1) is 8.78 Å². The van der Waals surface area contributed by atoms with Gasteiger partial charge in [0, 0.05) is 23.7 Å². The lowest BCUT2D eigenvalue weighted by Crippen LogP contribution is -2.25. The Hall–Kier alpha value is -2.88. The number of anilines is 2. The van der Waals surface area contributed by atoms with E-state index in [2.05, 4.69) is 20.1 Å². The standard InChI is InChI=1S/C16H14F2N2O5S/c1-26(22,23)12-5-2-10(3-6-12)20-15(21)9-19-11-4-7-13-14(8-11)25-16(17,18)24-13/h2-8,19H,9H2,1H3,(H,20,21). The van der Waals surface area contributed by atoms with Crippen LogP contribution < -0.4 is 20.1 Å². The zero-order chi connectivity index (χ0) is 18.9. The van der Waals surface area contributed by atoms with E-state index in [4.69, 9.17) is 0 Å². The molecule has 0 radical (unpaired) electrons. The van der Waals surface area contributed by atoms with Crippen molar-refractivity contribution in [3.63, 3.8) is 0 Å². The number of fused-ring (bicyclic) bond motifs is 1. The van der Waals surface area contributed by atoms with Gasteiger partial charge in [0.2, 0.25) is 5.91 Å². The second kappa shape index (κ2) is 6.45. The number of rotatable bonds is 5. The lowest BCUT2D eigenvalue weighted by molar-refractivity contribution is -0.286. The molecule has 0 aromatic heterocycles. The van der Waals surface area contributed by atoms with Crippen LogP contribution in [0.2, 0.25) is 0 Å². The maximum Gasteiger partial charge on any atom is 0.586 e. The number of hydrogen-bond acceptors (Lipinski definition) is 6. The number of carbonyl (C=O) groups excluding carboxylic acids is 1. The fourth-order valence-corrected chi connectivity index (χ4v) is 2.86. The summed E-state index contributed by atoms with van der Waals surface area (Å²) >= 11 is 0. The lowest BCUT2D eigenvalue weighted by atomic mass is 10.2. The Kier molecular flexibility index (Phi) is 4.45. The minimum Gasteiger partial charge on any atom is -0.395 e. The molecule has 2 N–H and O–H groups in total. The number of halogens is 2. The van der Waals surface area contributed by atoms with Gasteiger partial charge in [-0.2, -0.15) is 0 Å². The highest BCUT2D eigenvalue weighted by atomic mass is 32.2. The first-order valence-corrected chi connectivity index (χ1v) is 9.25. The Bertz CT molecular complexity index is 946. The smallest absolute Gasteiger partial charge is 0.395 e. The van der Waals surface area contributed by atoms with E-state index in [9.17, 15) is 22.0 Å². The fourth-order valence-electron chi connectivity index (χ4n) is 2.23. The molecular formula is C16H14F2N2O5S. The second-order valence-electron chi connectivity index (χ2n) is 5.53. The Labute approximate surface area is 147 Å². The molecule has 2 aromatic rings. The topological polar surface area (TPSA) is 93.7 Å². The third-order valence-corrected chi connectivity index (χ3v) is 4.55.